The summed E-state index contributed by atoms with van der Waals surface area (Å²) in [4.78, 5) is 12.1. The maximum Gasteiger partial charge on any atom is 0.323 e. The molecule has 0 unspecified atom stereocenters. The van der Waals surface area contributed by atoms with Crippen molar-refractivity contribution in [3.8, 4) is 11.5 Å². The van der Waals surface area contributed by atoms with E-state index in [0.29, 0.717) is 22.9 Å². The Balaban J connectivity index is 2.05. The number of carbonyl (C=O) groups is 1. The molecule has 0 aliphatic heterocycles. The number of rotatable bonds is 5. The summed E-state index contributed by atoms with van der Waals surface area (Å²) < 4.78 is 10.8. The number of nitrogens with one attached hydrogen (secondary N) is 2. The quantitative estimate of drug-likeness (QED) is 0.873. The van der Waals surface area contributed by atoms with Crippen LogP contribution in [0, 0.1) is 0 Å². The molecule has 0 saturated carbocycles. The molecule has 0 heterocycles. The van der Waals surface area contributed by atoms with Crippen molar-refractivity contribution in [3.05, 3.63) is 48.5 Å². The van der Waals surface area contributed by atoms with Crippen molar-refractivity contribution in [1.29, 1.82) is 0 Å². The van der Waals surface area contributed by atoms with E-state index in [9.17, 15) is 4.79 Å². The minimum Gasteiger partial charge on any atom is -0.497 e. The van der Waals surface area contributed by atoms with Crippen LogP contribution in [0.3, 0.4) is 0 Å². The second-order valence-corrected chi connectivity index (χ2v) is 4.97. The lowest BCUT2D eigenvalue weighted by Crippen LogP contribution is -2.20. The summed E-state index contributed by atoms with van der Waals surface area (Å²) in [5.41, 5.74) is 1.27. The zero-order valence-corrected chi connectivity index (χ0v) is 12.9. The lowest BCUT2D eigenvalue weighted by atomic mass is 10.3. The van der Waals surface area contributed by atoms with Crippen molar-refractivity contribution in [3.63, 3.8) is 0 Å². The average molecular weight is 300 g/mol. The Hall–Kier alpha value is -2.69. The summed E-state index contributed by atoms with van der Waals surface area (Å²) in [6, 6.07) is 14.1. The van der Waals surface area contributed by atoms with Gasteiger partial charge in [0.05, 0.1) is 18.9 Å². The molecule has 2 aromatic rings. The Bertz CT molecular complexity index is 641. The summed E-state index contributed by atoms with van der Waals surface area (Å²) >= 11 is 0. The molecule has 0 fully saturated rings. The molecular weight excluding hydrogens is 280 g/mol. The molecule has 0 bridgehead atoms. The fourth-order valence-electron chi connectivity index (χ4n) is 1.91. The Morgan fingerprint density at radius 3 is 2.55 bits per heavy atom. The van der Waals surface area contributed by atoms with E-state index in [1.165, 1.54) is 0 Å². The van der Waals surface area contributed by atoms with Gasteiger partial charge in [-0.05, 0) is 38.1 Å². The predicted molar refractivity (Wildman–Crippen MR) is 87.8 cm³/mol. The highest BCUT2D eigenvalue weighted by Gasteiger charge is 2.09. The number of hydrogen-bond donors (Lipinski definition) is 2. The van der Waals surface area contributed by atoms with Gasteiger partial charge in [-0.2, -0.15) is 0 Å². The van der Waals surface area contributed by atoms with Crippen LogP contribution >= 0.6 is 0 Å². The maximum absolute atomic E-state index is 12.1. The van der Waals surface area contributed by atoms with Gasteiger partial charge in [-0.15, -0.1) is 0 Å². The summed E-state index contributed by atoms with van der Waals surface area (Å²) in [7, 11) is 1.58. The third kappa shape index (κ3) is 4.41. The molecule has 22 heavy (non-hydrogen) atoms. The fraction of sp³-hybridized carbons (Fsp3) is 0.235. The van der Waals surface area contributed by atoms with Crippen molar-refractivity contribution in [2.45, 2.75) is 20.0 Å². The first-order valence-electron chi connectivity index (χ1n) is 7.06. The average Bonchev–Trinajstić information content (AvgIpc) is 2.49. The summed E-state index contributed by atoms with van der Waals surface area (Å²) in [5.74, 6) is 1.32. The van der Waals surface area contributed by atoms with E-state index in [4.69, 9.17) is 9.47 Å². The summed E-state index contributed by atoms with van der Waals surface area (Å²) in [6.45, 7) is 3.88. The van der Waals surface area contributed by atoms with Crippen molar-refractivity contribution in [1.82, 2.24) is 0 Å². The summed E-state index contributed by atoms with van der Waals surface area (Å²) in [5, 5.41) is 5.55. The first-order chi connectivity index (χ1) is 10.6. The highest BCUT2D eigenvalue weighted by atomic mass is 16.5. The van der Waals surface area contributed by atoms with Crippen LogP contribution in [-0.2, 0) is 0 Å². The largest absolute Gasteiger partial charge is 0.497 e. The molecule has 0 aromatic heterocycles. The zero-order valence-electron chi connectivity index (χ0n) is 12.9. The third-order valence-electron chi connectivity index (χ3n) is 2.83. The number of carbonyl (C=O) groups excluding carboxylic acids is 1. The molecule has 5 heteroatoms. The van der Waals surface area contributed by atoms with Gasteiger partial charge in [-0.25, -0.2) is 4.79 Å². The molecule has 0 atom stereocenters. The molecule has 116 valence electrons. The molecule has 0 radical (unpaired) electrons. The van der Waals surface area contributed by atoms with Gasteiger partial charge in [0.25, 0.3) is 0 Å². The van der Waals surface area contributed by atoms with Crippen LogP contribution in [0.25, 0.3) is 0 Å². The SMILES string of the molecule is COc1cccc(NC(=O)Nc2ccccc2OC(C)C)c1. The molecule has 2 amide bonds. The second kappa shape index (κ2) is 7.36. The van der Waals surface area contributed by atoms with Crippen LogP contribution in [-0.4, -0.2) is 19.2 Å². The van der Waals surface area contributed by atoms with Gasteiger partial charge in [0.1, 0.15) is 11.5 Å². The first kappa shape index (κ1) is 15.7. The van der Waals surface area contributed by atoms with E-state index in [2.05, 4.69) is 10.6 Å². The van der Waals surface area contributed by atoms with E-state index in [1.807, 2.05) is 44.2 Å². The van der Waals surface area contributed by atoms with Gasteiger partial charge in [0.2, 0.25) is 0 Å². The maximum atomic E-state index is 12.1. The number of hydrogen-bond acceptors (Lipinski definition) is 3. The summed E-state index contributed by atoms with van der Waals surface area (Å²) in [6.07, 6.45) is 0.0318. The van der Waals surface area contributed by atoms with E-state index in [0.717, 1.165) is 0 Å². The number of urea groups is 1. The van der Waals surface area contributed by atoms with Crippen molar-refractivity contribution < 1.29 is 14.3 Å². The predicted octanol–water partition coefficient (Wildman–Crippen LogP) is 4.13. The lowest BCUT2D eigenvalue weighted by molar-refractivity contribution is 0.243. The minimum atomic E-state index is -0.340. The number of ether oxygens (including phenoxy) is 2. The van der Waals surface area contributed by atoms with E-state index in [1.54, 1.807) is 25.3 Å². The molecule has 2 N–H and O–H groups in total. The normalized spacial score (nSPS) is 10.2. The minimum absolute atomic E-state index is 0.0318. The second-order valence-electron chi connectivity index (χ2n) is 4.97. The Kier molecular flexibility index (Phi) is 5.25. The highest BCUT2D eigenvalue weighted by Crippen LogP contribution is 2.25. The van der Waals surface area contributed by atoms with Crippen LogP contribution in [0.2, 0.25) is 0 Å². The standard InChI is InChI=1S/C17H20N2O3/c1-12(2)22-16-10-5-4-9-15(16)19-17(20)18-13-7-6-8-14(11-13)21-3/h4-12H,1-3H3,(H2,18,19,20). The van der Waals surface area contributed by atoms with Gasteiger partial charge in [0.15, 0.2) is 0 Å². The molecule has 2 rings (SSSR count). The molecule has 0 aliphatic carbocycles. The van der Waals surface area contributed by atoms with Crippen molar-refractivity contribution in [2.24, 2.45) is 0 Å². The molecule has 0 aliphatic rings. The van der Waals surface area contributed by atoms with Crippen molar-refractivity contribution in [2.75, 3.05) is 17.7 Å². The molecule has 0 spiro atoms. The Labute approximate surface area is 130 Å². The molecule has 0 saturated heterocycles. The van der Waals surface area contributed by atoms with Gasteiger partial charge >= 0.3 is 6.03 Å². The number of methoxy groups -OCH3 is 1. The van der Waals surface area contributed by atoms with Crippen LogP contribution in [0.1, 0.15) is 13.8 Å². The Morgan fingerprint density at radius 2 is 1.82 bits per heavy atom. The lowest BCUT2D eigenvalue weighted by Gasteiger charge is -2.15. The number of amides is 2. The van der Waals surface area contributed by atoms with Gasteiger partial charge in [-0.1, -0.05) is 18.2 Å². The van der Waals surface area contributed by atoms with Crippen LogP contribution in [0.4, 0.5) is 16.2 Å². The van der Waals surface area contributed by atoms with E-state index < -0.39 is 0 Å². The topological polar surface area (TPSA) is 59.6 Å². The van der Waals surface area contributed by atoms with Gasteiger partial charge < -0.3 is 20.1 Å². The monoisotopic (exact) mass is 300 g/mol. The fourth-order valence-corrected chi connectivity index (χ4v) is 1.91. The number of para-hydroxylation sites is 2. The molecule has 2 aromatic carbocycles. The van der Waals surface area contributed by atoms with Gasteiger partial charge in [-0.3, -0.25) is 0 Å². The van der Waals surface area contributed by atoms with E-state index >= 15 is 0 Å². The number of benzene rings is 2. The van der Waals surface area contributed by atoms with Crippen LogP contribution in [0.5, 0.6) is 11.5 Å². The first-order valence-corrected chi connectivity index (χ1v) is 7.06. The van der Waals surface area contributed by atoms with Crippen LogP contribution < -0.4 is 20.1 Å². The molecular formula is C17H20N2O3. The smallest absolute Gasteiger partial charge is 0.323 e. The highest BCUT2D eigenvalue weighted by molar-refractivity contribution is 6.00. The van der Waals surface area contributed by atoms with Crippen LogP contribution in [0.15, 0.2) is 48.5 Å². The van der Waals surface area contributed by atoms with Gasteiger partial charge in [0, 0.05) is 11.8 Å². The zero-order chi connectivity index (χ0) is 15.9. The third-order valence-corrected chi connectivity index (χ3v) is 2.83. The Morgan fingerprint density at radius 1 is 1.05 bits per heavy atom. The number of anilines is 2. The van der Waals surface area contributed by atoms with Crippen molar-refractivity contribution >= 4 is 17.4 Å². The molecule has 5 nitrogen and oxygen atoms in total. The van der Waals surface area contributed by atoms with E-state index in [-0.39, 0.29) is 12.1 Å².